The van der Waals surface area contributed by atoms with Crippen molar-refractivity contribution in [1.82, 2.24) is 0 Å². The second-order valence-corrected chi connectivity index (χ2v) is 14.5. The molecule has 0 aliphatic carbocycles. The molecule has 0 amide bonds. The Hall–Kier alpha value is -5.10. The third-order valence-corrected chi connectivity index (χ3v) is 10.1. The van der Waals surface area contributed by atoms with Crippen molar-refractivity contribution in [2.45, 2.75) is 19.6 Å². The molecule has 5 aromatic rings. The molecule has 284 valence electrons. The van der Waals surface area contributed by atoms with Crippen molar-refractivity contribution >= 4 is 100.0 Å². The Labute approximate surface area is 311 Å². The Morgan fingerprint density at radius 1 is 0.685 bits per heavy atom. The van der Waals surface area contributed by atoms with Crippen LogP contribution in [0.5, 0.6) is 17.2 Å². The first kappa shape index (κ1) is 40.1. The molecule has 0 saturated heterocycles. The van der Waals surface area contributed by atoms with Crippen LogP contribution in [0.25, 0.3) is 21.5 Å². The number of phenols is 2. The summed E-state index contributed by atoms with van der Waals surface area (Å²) < 4.78 is 81.7. The molecule has 5 rings (SSSR count). The number of methoxy groups -OCH3 is 1. The highest BCUT2D eigenvalue weighted by molar-refractivity contribution is 7.95. The minimum atomic E-state index is -4.93. The van der Waals surface area contributed by atoms with Crippen molar-refractivity contribution < 1.29 is 70.1 Å². The topological polar surface area (TPSA) is 336 Å². The zero-order chi connectivity index (χ0) is 39.4. The summed E-state index contributed by atoms with van der Waals surface area (Å²) in [6, 6.07) is 11.4. The van der Waals surface area contributed by atoms with Gasteiger partial charge in [-0.2, -0.15) is 32.2 Å². The smallest absolute Gasteiger partial charge is 0.296 e. The van der Waals surface area contributed by atoms with Gasteiger partial charge in [0.05, 0.1) is 57.7 Å². The van der Waals surface area contributed by atoms with Crippen LogP contribution in [0.4, 0.5) is 34.1 Å². The average molecular weight is 826 g/mol. The molecule has 0 unspecified atom stereocenters. The third-order valence-electron chi connectivity index (χ3n) is 7.10. The fourth-order valence-corrected chi connectivity index (χ4v) is 7.15. The summed E-state index contributed by atoms with van der Waals surface area (Å²) in [7, 11) is -7.27. The summed E-state index contributed by atoms with van der Waals surface area (Å²) in [6.07, 6.45) is 0. The standard InChI is InChI=1S/C28H23N7O15S4/c1-30-33-26-21(54(43,44)45)9-13-8-18(51-49-47-38)24(23(29)22(13)28(26)37)34-31-14-4-3-12-7-19(52-50-48-39)25(27(36)16(12)10-14)35-32-17-6-5-15(46-2)11-20(17)53(40,41)42/h3-11,36-39H,29H2,1-2H3,(H,40,41,42)(H,43,44,45). The summed E-state index contributed by atoms with van der Waals surface area (Å²) >= 11 is 0.766. The van der Waals surface area contributed by atoms with Crippen molar-refractivity contribution in [3.63, 3.8) is 0 Å². The monoisotopic (exact) mass is 825 g/mol. The molecule has 0 atom stereocenters. The highest BCUT2D eigenvalue weighted by atomic mass is 32.2. The van der Waals surface area contributed by atoms with Gasteiger partial charge in [0.25, 0.3) is 20.2 Å². The molecule has 22 nitrogen and oxygen atoms in total. The van der Waals surface area contributed by atoms with Crippen molar-refractivity contribution in [1.29, 1.82) is 0 Å². The Kier molecular flexibility index (Phi) is 12.3. The number of azo groups is 3. The zero-order valence-electron chi connectivity index (χ0n) is 26.9. The van der Waals surface area contributed by atoms with Crippen molar-refractivity contribution in [2.75, 3.05) is 19.9 Å². The van der Waals surface area contributed by atoms with Gasteiger partial charge >= 0.3 is 0 Å². The van der Waals surface area contributed by atoms with E-state index in [0.29, 0.717) is 29.5 Å². The SMILES string of the molecule is CN=Nc1c(S(=O)(=O)O)cc2cc(SOOO)c(N=Nc3ccc4cc(SOOO)c(N=Nc5ccc(OC)cc5S(=O)(=O)O)c(O)c4c3)c(N)c2c1O. The second kappa shape index (κ2) is 16.5. The Morgan fingerprint density at radius 2 is 1.31 bits per heavy atom. The van der Waals surface area contributed by atoms with E-state index in [1.807, 2.05) is 0 Å². The van der Waals surface area contributed by atoms with E-state index in [4.69, 9.17) is 21.0 Å². The molecule has 0 radical (unpaired) electrons. The van der Waals surface area contributed by atoms with E-state index in [9.17, 15) is 36.2 Å². The summed E-state index contributed by atoms with van der Waals surface area (Å²) in [5.74, 6) is -1.25. The van der Waals surface area contributed by atoms with E-state index in [2.05, 4.69) is 49.4 Å². The maximum absolute atomic E-state index is 12.1. The summed E-state index contributed by atoms with van der Waals surface area (Å²) in [6.45, 7) is 0. The van der Waals surface area contributed by atoms with Gasteiger partial charge in [-0.15, -0.1) is 24.0 Å². The minimum Gasteiger partial charge on any atom is -0.505 e. The van der Waals surface area contributed by atoms with Gasteiger partial charge in [-0.05, 0) is 53.2 Å². The minimum absolute atomic E-state index is 0.0183. The van der Waals surface area contributed by atoms with Crippen LogP contribution in [0, 0.1) is 0 Å². The van der Waals surface area contributed by atoms with E-state index < -0.39 is 47.2 Å². The molecule has 5 aromatic carbocycles. The summed E-state index contributed by atoms with van der Waals surface area (Å²) in [4.78, 5) is -1.47. The summed E-state index contributed by atoms with van der Waals surface area (Å²) in [5, 5.41) is 70.7. The number of aromatic hydroxyl groups is 2. The fourth-order valence-electron chi connectivity index (χ4n) is 4.85. The maximum Gasteiger partial charge on any atom is 0.296 e. The number of ether oxygens (including phenoxy) is 1. The van der Waals surface area contributed by atoms with Gasteiger partial charge in [-0.25, -0.2) is 10.5 Å². The predicted octanol–water partition coefficient (Wildman–Crippen LogP) is 7.89. The van der Waals surface area contributed by atoms with Gasteiger partial charge in [0.15, 0.2) is 11.5 Å². The number of hydrogen-bond acceptors (Lipinski definition) is 22. The molecule has 0 aliphatic rings. The lowest BCUT2D eigenvalue weighted by Gasteiger charge is -2.14. The first-order valence-electron chi connectivity index (χ1n) is 14.1. The highest BCUT2D eigenvalue weighted by Gasteiger charge is 2.26. The van der Waals surface area contributed by atoms with Crippen LogP contribution in [0.3, 0.4) is 0 Å². The van der Waals surface area contributed by atoms with Crippen molar-refractivity contribution in [3.05, 3.63) is 54.6 Å². The molecule has 54 heavy (non-hydrogen) atoms. The van der Waals surface area contributed by atoms with Gasteiger partial charge in [0.2, 0.25) is 0 Å². The zero-order valence-corrected chi connectivity index (χ0v) is 30.2. The van der Waals surface area contributed by atoms with Gasteiger partial charge < -0.3 is 20.7 Å². The van der Waals surface area contributed by atoms with Crippen LogP contribution >= 0.6 is 24.1 Å². The quantitative estimate of drug-likeness (QED) is 0.0140. The number of phenolic OH excluding ortho intramolecular Hbond substituents is 2. The molecule has 0 bridgehead atoms. The third kappa shape index (κ3) is 8.49. The van der Waals surface area contributed by atoms with Crippen LogP contribution in [0.15, 0.2) is 105 Å². The van der Waals surface area contributed by atoms with E-state index in [1.165, 1.54) is 56.6 Å². The van der Waals surface area contributed by atoms with Crippen LogP contribution in [-0.4, -0.2) is 60.8 Å². The number of rotatable bonds is 14. The lowest BCUT2D eigenvalue weighted by Crippen LogP contribution is -2.00. The van der Waals surface area contributed by atoms with Crippen LogP contribution in [-0.2, 0) is 39.0 Å². The van der Waals surface area contributed by atoms with Gasteiger partial charge in [0, 0.05) is 18.5 Å². The normalized spacial score (nSPS) is 12.6. The molecule has 8 N–H and O–H groups in total. The average Bonchev–Trinajstić information content (AvgIpc) is 3.12. The van der Waals surface area contributed by atoms with Gasteiger partial charge in [0.1, 0.15) is 38.3 Å². The Morgan fingerprint density at radius 3 is 1.93 bits per heavy atom. The predicted molar refractivity (Wildman–Crippen MR) is 188 cm³/mol. The van der Waals surface area contributed by atoms with Crippen LogP contribution < -0.4 is 10.5 Å². The lowest BCUT2D eigenvalue weighted by molar-refractivity contribution is -0.432. The summed E-state index contributed by atoms with van der Waals surface area (Å²) in [5.41, 5.74) is 4.68. The number of benzene rings is 5. The first-order chi connectivity index (χ1) is 25.6. The lowest BCUT2D eigenvalue weighted by atomic mass is 10.1. The molecule has 0 heterocycles. The van der Waals surface area contributed by atoms with Gasteiger partial charge in [-0.1, -0.05) is 16.1 Å². The molecule has 26 heteroatoms. The van der Waals surface area contributed by atoms with E-state index in [-0.39, 0.29) is 60.1 Å². The fraction of sp³-hybridized carbons (Fsp3) is 0.0714. The number of anilines is 1. The molecule has 0 spiro atoms. The molecule has 0 aliphatic heterocycles. The first-order valence-corrected chi connectivity index (χ1v) is 18.5. The molecule has 0 saturated carbocycles. The number of fused-ring (bicyclic) bond motifs is 2. The number of hydrogen-bond donors (Lipinski definition) is 7. The van der Waals surface area contributed by atoms with E-state index in [1.54, 1.807) is 0 Å². The number of nitrogens with zero attached hydrogens (tertiary/aromatic N) is 6. The van der Waals surface area contributed by atoms with Gasteiger partial charge in [-0.3, -0.25) is 9.11 Å². The van der Waals surface area contributed by atoms with E-state index >= 15 is 0 Å². The van der Waals surface area contributed by atoms with Crippen molar-refractivity contribution in [3.8, 4) is 17.2 Å². The van der Waals surface area contributed by atoms with Crippen LogP contribution in [0.2, 0.25) is 0 Å². The Balaban J connectivity index is 1.65. The number of nitrogen functional groups attached to an aromatic ring is 1. The van der Waals surface area contributed by atoms with Crippen molar-refractivity contribution in [2.24, 2.45) is 30.7 Å². The Bertz CT molecular complexity index is 2590. The maximum atomic E-state index is 12.1. The van der Waals surface area contributed by atoms with E-state index in [0.717, 1.165) is 12.1 Å². The van der Waals surface area contributed by atoms with Crippen LogP contribution in [0.1, 0.15) is 0 Å². The number of nitrogens with two attached hydrogens (primary N) is 1. The molecular formula is C28H23N7O15S4. The molecule has 0 fully saturated rings. The largest absolute Gasteiger partial charge is 0.505 e. The molecule has 0 aromatic heterocycles. The second-order valence-electron chi connectivity index (χ2n) is 10.2. The molecular weight excluding hydrogens is 803 g/mol. The highest BCUT2D eigenvalue weighted by Crippen LogP contribution is 2.50.